The van der Waals surface area contributed by atoms with E-state index in [9.17, 15) is 0 Å². The van der Waals surface area contributed by atoms with Crippen molar-refractivity contribution in [1.82, 2.24) is 10.6 Å². The Labute approximate surface area is 144 Å². The summed E-state index contributed by atoms with van der Waals surface area (Å²) in [4.78, 5) is 4.73. The van der Waals surface area contributed by atoms with Gasteiger partial charge in [0.2, 0.25) is 0 Å². The number of aryl methyl sites for hydroxylation is 1. The standard InChI is InChI=1S/C18H29N3OS/c1-4-19-18(21-13-16-6-5-11-23-16)20-10-9-15-12-14(2)7-8-17(15)22-3/h7-8,12,16H,4-6,9-11,13H2,1-3H3,(H2,19,20,21). The second-order valence-electron chi connectivity index (χ2n) is 5.85. The largest absolute Gasteiger partial charge is 0.496 e. The molecule has 0 saturated carbocycles. The van der Waals surface area contributed by atoms with E-state index >= 15 is 0 Å². The quantitative estimate of drug-likeness (QED) is 0.594. The zero-order chi connectivity index (χ0) is 16.5. The van der Waals surface area contributed by atoms with Crippen LogP contribution in [-0.4, -0.2) is 43.7 Å². The third-order valence-electron chi connectivity index (χ3n) is 3.94. The molecule has 4 nitrogen and oxygen atoms in total. The maximum Gasteiger partial charge on any atom is 0.191 e. The second kappa shape index (κ2) is 9.71. The lowest BCUT2D eigenvalue weighted by atomic mass is 10.1. The first-order valence-electron chi connectivity index (χ1n) is 8.50. The van der Waals surface area contributed by atoms with Crippen LogP contribution < -0.4 is 15.4 Å². The van der Waals surface area contributed by atoms with E-state index in [1.54, 1.807) is 7.11 Å². The van der Waals surface area contributed by atoms with Crippen LogP contribution in [0, 0.1) is 6.92 Å². The second-order valence-corrected chi connectivity index (χ2v) is 7.25. The van der Waals surface area contributed by atoms with Crippen LogP contribution in [0.25, 0.3) is 0 Å². The predicted molar refractivity (Wildman–Crippen MR) is 101 cm³/mol. The maximum absolute atomic E-state index is 5.44. The molecule has 128 valence electrons. The molecule has 0 spiro atoms. The number of ether oxygens (including phenoxy) is 1. The predicted octanol–water partition coefficient (Wildman–Crippen LogP) is 3.00. The topological polar surface area (TPSA) is 45.7 Å². The summed E-state index contributed by atoms with van der Waals surface area (Å²) in [5.74, 6) is 3.17. The van der Waals surface area contributed by atoms with Gasteiger partial charge < -0.3 is 15.4 Å². The number of hydrogen-bond donors (Lipinski definition) is 2. The molecule has 0 amide bonds. The van der Waals surface area contributed by atoms with E-state index in [0.717, 1.165) is 37.8 Å². The monoisotopic (exact) mass is 335 g/mol. The van der Waals surface area contributed by atoms with Gasteiger partial charge in [0.15, 0.2) is 5.96 Å². The van der Waals surface area contributed by atoms with Gasteiger partial charge in [-0.25, -0.2) is 0 Å². The van der Waals surface area contributed by atoms with E-state index in [1.165, 1.54) is 29.7 Å². The van der Waals surface area contributed by atoms with Crippen molar-refractivity contribution < 1.29 is 4.74 Å². The molecule has 5 heteroatoms. The number of methoxy groups -OCH3 is 1. The van der Waals surface area contributed by atoms with Crippen LogP contribution in [0.2, 0.25) is 0 Å². The summed E-state index contributed by atoms with van der Waals surface area (Å²) in [6.07, 6.45) is 3.56. The summed E-state index contributed by atoms with van der Waals surface area (Å²) in [5, 5.41) is 7.47. The minimum atomic E-state index is 0.697. The molecule has 2 rings (SSSR count). The van der Waals surface area contributed by atoms with Crippen LogP contribution in [-0.2, 0) is 6.42 Å². The summed E-state index contributed by atoms with van der Waals surface area (Å²) in [5.41, 5.74) is 2.50. The summed E-state index contributed by atoms with van der Waals surface area (Å²) in [6.45, 7) is 6.86. The van der Waals surface area contributed by atoms with Gasteiger partial charge in [-0.15, -0.1) is 0 Å². The van der Waals surface area contributed by atoms with Crippen molar-refractivity contribution >= 4 is 17.7 Å². The first kappa shape index (κ1) is 18.0. The minimum Gasteiger partial charge on any atom is -0.496 e. The molecule has 1 unspecified atom stereocenters. The van der Waals surface area contributed by atoms with Gasteiger partial charge in [0.1, 0.15) is 5.75 Å². The van der Waals surface area contributed by atoms with E-state index in [4.69, 9.17) is 9.73 Å². The maximum atomic E-state index is 5.44. The summed E-state index contributed by atoms with van der Waals surface area (Å²) in [7, 11) is 1.73. The van der Waals surface area contributed by atoms with E-state index in [-0.39, 0.29) is 0 Å². The number of benzene rings is 1. The van der Waals surface area contributed by atoms with Crippen LogP contribution >= 0.6 is 11.8 Å². The van der Waals surface area contributed by atoms with E-state index in [2.05, 4.69) is 48.4 Å². The molecule has 1 saturated heterocycles. The minimum absolute atomic E-state index is 0.697. The molecule has 1 aromatic carbocycles. The molecule has 2 N–H and O–H groups in total. The van der Waals surface area contributed by atoms with Crippen LogP contribution in [0.3, 0.4) is 0 Å². The first-order valence-corrected chi connectivity index (χ1v) is 9.55. The van der Waals surface area contributed by atoms with Crippen molar-refractivity contribution in [2.45, 2.75) is 38.4 Å². The summed E-state index contributed by atoms with van der Waals surface area (Å²) >= 11 is 2.05. The number of hydrogen-bond acceptors (Lipinski definition) is 3. The Kier molecular flexibility index (Phi) is 7.59. The van der Waals surface area contributed by atoms with E-state index < -0.39 is 0 Å². The molecule has 23 heavy (non-hydrogen) atoms. The normalized spacial score (nSPS) is 18.0. The molecule has 0 aromatic heterocycles. The van der Waals surface area contributed by atoms with Crippen molar-refractivity contribution in [3.05, 3.63) is 29.3 Å². The van der Waals surface area contributed by atoms with E-state index in [1.807, 2.05) is 6.07 Å². The van der Waals surface area contributed by atoms with Gasteiger partial charge in [-0.1, -0.05) is 17.7 Å². The highest BCUT2D eigenvalue weighted by Gasteiger charge is 2.15. The average molecular weight is 336 g/mol. The molecular formula is C18H29N3OS. The molecule has 1 aromatic rings. The first-order chi connectivity index (χ1) is 11.2. The zero-order valence-electron chi connectivity index (χ0n) is 14.5. The lowest BCUT2D eigenvalue weighted by molar-refractivity contribution is 0.409. The SMILES string of the molecule is CCNC(=NCC1CCCS1)NCCc1cc(C)ccc1OC. The van der Waals surface area contributed by atoms with Crippen LogP contribution in [0.4, 0.5) is 0 Å². The van der Waals surface area contributed by atoms with Crippen molar-refractivity contribution in [2.24, 2.45) is 4.99 Å². The van der Waals surface area contributed by atoms with E-state index in [0.29, 0.717) is 5.25 Å². The number of guanidine groups is 1. The number of rotatable bonds is 7. The summed E-state index contributed by atoms with van der Waals surface area (Å²) < 4.78 is 5.44. The zero-order valence-corrected chi connectivity index (χ0v) is 15.3. The number of nitrogens with zero attached hydrogens (tertiary/aromatic N) is 1. The highest BCUT2D eigenvalue weighted by Crippen LogP contribution is 2.26. The molecule has 1 atom stereocenters. The Morgan fingerprint density at radius 2 is 2.26 bits per heavy atom. The van der Waals surface area contributed by atoms with Crippen molar-refractivity contribution in [2.75, 3.05) is 32.5 Å². The van der Waals surface area contributed by atoms with Crippen LogP contribution in [0.1, 0.15) is 30.9 Å². The third-order valence-corrected chi connectivity index (χ3v) is 5.32. The molecule has 1 aliphatic heterocycles. The van der Waals surface area contributed by atoms with Gasteiger partial charge in [-0.05, 0) is 50.5 Å². The number of aliphatic imine (C=N–C) groups is 1. The van der Waals surface area contributed by atoms with Gasteiger partial charge >= 0.3 is 0 Å². The number of nitrogens with one attached hydrogen (secondary N) is 2. The molecule has 0 radical (unpaired) electrons. The number of thioether (sulfide) groups is 1. The Hall–Kier alpha value is -1.36. The molecule has 1 aliphatic rings. The third kappa shape index (κ3) is 5.98. The van der Waals surface area contributed by atoms with Gasteiger partial charge in [0.25, 0.3) is 0 Å². The fourth-order valence-electron chi connectivity index (χ4n) is 2.74. The van der Waals surface area contributed by atoms with Crippen molar-refractivity contribution in [1.29, 1.82) is 0 Å². The van der Waals surface area contributed by atoms with Gasteiger partial charge in [0.05, 0.1) is 13.7 Å². The molecule has 0 aliphatic carbocycles. The van der Waals surface area contributed by atoms with Crippen LogP contribution in [0.15, 0.2) is 23.2 Å². The molecule has 1 heterocycles. The van der Waals surface area contributed by atoms with Gasteiger partial charge in [-0.3, -0.25) is 4.99 Å². The highest BCUT2D eigenvalue weighted by molar-refractivity contribution is 8.00. The fraction of sp³-hybridized carbons (Fsp3) is 0.611. The van der Waals surface area contributed by atoms with Gasteiger partial charge in [0, 0.05) is 18.3 Å². The Morgan fingerprint density at radius 1 is 1.39 bits per heavy atom. The summed E-state index contributed by atoms with van der Waals surface area (Å²) in [6, 6.07) is 6.32. The Morgan fingerprint density at radius 3 is 2.96 bits per heavy atom. The van der Waals surface area contributed by atoms with Gasteiger partial charge in [-0.2, -0.15) is 11.8 Å². The van der Waals surface area contributed by atoms with Crippen molar-refractivity contribution in [3.63, 3.8) is 0 Å². The fourth-order valence-corrected chi connectivity index (χ4v) is 3.92. The van der Waals surface area contributed by atoms with Crippen LogP contribution in [0.5, 0.6) is 5.75 Å². The molecular weight excluding hydrogens is 306 g/mol. The Balaban J connectivity index is 1.86. The smallest absolute Gasteiger partial charge is 0.191 e. The molecule has 0 bridgehead atoms. The average Bonchev–Trinajstić information content (AvgIpc) is 3.06. The molecule has 1 fully saturated rings. The lowest BCUT2D eigenvalue weighted by Gasteiger charge is -2.14. The highest BCUT2D eigenvalue weighted by atomic mass is 32.2. The lowest BCUT2D eigenvalue weighted by Crippen LogP contribution is -2.38. The Bertz CT molecular complexity index is 513. The van der Waals surface area contributed by atoms with Crippen molar-refractivity contribution in [3.8, 4) is 5.75 Å².